The Bertz CT molecular complexity index is 557. The van der Waals surface area contributed by atoms with Crippen molar-refractivity contribution in [1.29, 1.82) is 0 Å². The van der Waals surface area contributed by atoms with Crippen LogP contribution in [0, 0.1) is 0 Å². The van der Waals surface area contributed by atoms with E-state index >= 15 is 0 Å². The first-order valence-corrected chi connectivity index (χ1v) is 5.79. The first-order valence-electron chi connectivity index (χ1n) is 4.25. The van der Waals surface area contributed by atoms with Crippen LogP contribution < -0.4 is 5.14 Å². The topological polar surface area (TPSA) is 73.3 Å². The summed E-state index contributed by atoms with van der Waals surface area (Å²) in [5.74, 6) is 0. The highest BCUT2D eigenvalue weighted by atomic mass is 32.2. The molecule has 0 aliphatic heterocycles. The number of nitrogens with two attached hydrogens (primary N) is 1. The van der Waals surface area contributed by atoms with Crippen LogP contribution in [0.25, 0.3) is 11.1 Å². The Labute approximate surface area is 87.4 Å². The van der Waals surface area contributed by atoms with Crippen molar-refractivity contribution in [3.63, 3.8) is 0 Å². The lowest BCUT2D eigenvalue weighted by Gasteiger charge is -1.99. The molecule has 1 aromatic carbocycles. The molecule has 2 N–H and O–H groups in total. The molecule has 78 valence electrons. The van der Waals surface area contributed by atoms with E-state index in [9.17, 15) is 8.42 Å². The summed E-state index contributed by atoms with van der Waals surface area (Å²) in [6.45, 7) is 0. The van der Waals surface area contributed by atoms with Crippen LogP contribution in [0.2, 0.25) is 0 Å². The number of rotatable bonds is 2. The summed E-state index contributed by atoms with van der Waals surface area (Å²) in [7, 11) is -3.80. The van der Waals surface area contributed by atoms with Gasteiger partial charge in [0.05, 0.1) is 6.26 Å². The van der Waals surface area contributed by atoms with Crippen LogP contribution in [-0.2, 0) is 10.0 Å². The largest absolute Gasteiger partial charge is 0.451 e. The lowest BCUT2D eigenvalue weighted by atomic mass is 10.1. The molecule has 0 saturated carbocycles. The van der Waals surface area contributed by atoms with Gasteiger partial charge in [-0.2, -0.15) is 0 Å². The van der Waals surface area contributed by atoms with Crippen molar-refractivity contribution in [2.24, 2.45) is 5.14 Å². The van der Waals surface area contributed by atoms with Gasteiger partial charge in [-0.3, -0.25) is 0 Å². The van der Waals surface area contributed by atoms with Crippen molar-refractivity contribution in [2.45, 2.75) is 5.09 Å². The van der Waals surface area contributed by atoms with Gasteiger partial charge in [-0.1, -0.05) is 30.3 Å². The zero-order chi connectivity index (χ0) is 10.9. The van der Waals surface area contributed by atoms with E-state index < -0.39 is 10.0 Å². The summed E-state index contributed by atoms with van der Waals surface area (Å²) in [5, 5.41) is 4.82. The molecule has 0 saturated heterocycles. The van der Waals surface area contributed by atoms with Gasteiger partial charge in [0.2, 0.25) is 5.09 Å². The smallest absolute Gasteiger partial charge is 0.272 e. The molecule has 4 nitrogen and oxygen atoms in total. The summed E-state index contributed by atoms with van der Waals surface area (Å²) in [5.41, 5.74) is 1.24. The summed E-state index contributed by atoms with van der Waals surface area (Å²) in [6.07, 6.45) is 1.31. The van der Waals surface area contributed by atoms with E-state index in [0.29, 0.717) is 5.56 Å². The minimum Gasteiger partial charge on any atom is -0.451 e. The molecule has 0 amide bonds. The third-order valence-corrected chi connectivity index (χ3v) is 2.81. The molecule has 1 aromatic heterocycles. The predicted octanol–water partition coefficient (Wildman–Crippen LogP) is 1.59. The second-order valence-electron chi connectivity index (χ2n) is 3.03. The van der Waals surface area contributed by atoms with Crippen molar-refractivity contribution >= 4 is 10.0 Å². The van der Waals surface area contributed by atoms with E-state index in [4.69, 9.17) is 9.56 Å². The third-order valence-electron chi connectivity index (χ3n) is 1.97. The molecule has 2 rings (SSSR count). The summed E-state index contributed by atoms with van der Waals surface area (Å²) < 4.78 is 27.2. The molecule has 0 atom stereocenters. The van der Waals surface area contributed by atoms with Gasteiger partial charge in [0, 0.05) is 5.56 Å². The second-order valence-corrected chi connectivity index (χ2v) is 4.49. The number of hydrogen-bond donors (Lipinski definition) is 1. The van der Waals surface area contributed by atoms with Crippen molar-refractivity contribution < 1.29 is 12.8 Å². The molecule has 5 heteroatoms. The zero-order valence-electron chi connectivity index (χ0n) is 7.75. The molecule has 0 fully saturated rings. The number of benzene rings is 1. The van der Waals surface area contributed by atoms with Gasteiger partial charge in [-0.15, -0.1) is 0 Å². The minimum absolute atomic E-state index is 0.200. The molecule has 15 heavy (non-hydrogen) atoms. The van der Waals surface area contributed by atoms with Gasteiger partial charge in [0.1, 0.15) is 0 Å². The Balaban J connectivity index is 2.61. The molecule has 0 aliphatic carbocycles. The van der Waals surface area contributed by atoms with Crippen LogP contribution in [0.5, 0.6) is 0 Å². The van der Waals surface area contributed by atoms with Crippen molar-refractivity contribution in [3.05, 3.63) is 42.7 Å². The molecule has 0 unspecified atom stereocenters. The highest BCUT2D eigenvalue weighted by Gasteiger charge is 2.18. The Hall–Kier alpha value is -1.59. The predicted molar refractivity (Wildman–Crippen MR) is 55.5 cm³/mol. The second kappa shape index (κ2) is 3.52. The van der Waals surface area contributed by atoms with E-state index in [0.717, 1.165) is 5.56 Å². The average Bonchev–Trinajstić information content (AvgIpc) is 2.67. The normalized spacial score (nSPS) is 11.5. The summed E-state index contributed by atoms with van der Waals surface area (Å²) in [4.78, 5) is 0. The molecule has 0 aliphatic rings. The minimum atomic E-state index is -3.80. The van der Waals surface area contributed by atoms with Gasteiger partial charge in [-0.25, -0.2) is 13.6 Å². The maximum absolute atomic E-state index is 11.2. The number of hydrogen-bond acceptors (Lipinski definition) is 3. The molecule has 0 radical (unpaired) electrons. The van der Waals surface area contributed by atoms with Gasteiger partial charge in [0.25, 0.3) is 10.0 Å². The Morgan fingerprint density at radius 1 is 1.07 bits per heavy atom. The quantitative estimate of drug-likeness (QED) is 0.840. The van der Waals surface area contributed by atoms with Gasteiger partial charge >= 0.3 is 0 Å². The van der Waals surface area contributed by atoms with Crippen molar-refractivity contribution in [1.82, 2.24) is 0 Å². The van der Waals surface area contributed by atoms with Crippen LogP contribution >= 0.6 is 0 Å². The fourth-order valence-corrected chi connectivity index (χ4v) is 2.03. The Morgan fingerprint density at radius 2 is 1.73 bits per heavy atom. The number of furan rings is 1. The van der Waals surface area contributed by atoms with Crippen molar-refractivity contribution in [2.75, 3.05) is 0 Å². The van der Waals surface area contributed by atoms with Crippen molar-refractivity contribution in [3.8, 4) is 11.1 Å². The standard InChI is InChI=1S/C10H9NO3S/c11-15(12,13)10-9(6-7-14-10)8-4-2-1-3-5-8/h1-7H,(H2,11,12,13). The molecule has 1 heterocycles. The molecule has 0 spiro atoms. The van der Waals surface area contributed by atoms with E-state index in [-0.39, 0.29) is 5.09 Å². The Morgan fingerprint density at radius 3 is 2.33 bits per heavy atom. The SMILES string of the molecule is NS(=O)(=O)c1occc1-c1ccccc1. The highest BCUT2D eigenvalue weighted by Crippen LogP contribution is 2.27. The first-order chi connectivity index (χ1) is 7.09. The first kappa shape index (κ1) is 9.95. The van der Waals surface area contributed by atoms with Gasteiger partial charge in [0.15, 0.2) is 0 Å². The van der Waals surface area contributed by atoms with E-state index in [2.05, 4.69) is 0 Å². The summed E-state index contributed by atoms with van der Waals surface area (Å²) >= 11 is 0. The van der Waals surface area contributed by atoms with Crippen LogP contribution in [-0.4, -0.2) is 8.42 Å². The fourth-order valence-electron chi connectivity index (χ4n) is 1.35. The maximum Gasteiger partial charge on any atom is 0.272 e. The van der Waals surface area contributed by atoms with Gasteiger partial charge < -0.3 is 4.42 Å². The lowest BCUT2D eigenvalue weighted by molar-refractivity contribution is 0.452. The van der Waals surface area contributed by atoms with E-state index in [1.807, 2.05) is 18.2 Å². The average molecular weight is 223 g/mol. The monoisotopic (exact) mass is 223 g/mol. The highest BCUT2D eigenvalue weighted by molar-refractivity contribution is 7.89. The number of primary sulfonamides is 1. The van der Waals surface area contributed by atoms with Crippen LogP contribution in [0.1, 0.15) is 0 Å². The molecular weight excluding hydrogens is 214 g/mol. The Kier molecular flexibility index (Phi) is 2.34. The fraction of sp³-hybridized carbons (Fsp3) is 0. The van der Waals surface area contributed by atoms with Gasteiger partial charge in [-0.05, 0) is 11.6 Å². The number of sulfonamides is 1. The maximum atomic E-state index is 11.2. The molecule has 0 bridgehead atoms. The van der Waals surface area contributed by atoms with E-state index in [1.54, 1.807) is 18.2 Å². The van der Waals surface area contributed by atoms with Crippen LogP contribution in [0.15, 0.2) is 52.2 Å². The lowest BCUT2D eigenvalue weighted by Crippen LogP contribution is -2.12. The van der Waals surface area contributed by atoms with Crippen LogP contribution in [0.4, 0.5) is 0 Å². The molecule has 2 aromatic rings. The third kappa shape index (κ3) is 1.93. The summed E-state index contributed by atoms with van der Waals surface area (Å²) in [6, 6.07) is 10.6. The van der Waals surface area contributed by atoms with Crippen LogP contribution in [0.3, 0.4) is 0 Å². The zero-order valence-corrected chi connectivity index (χ0v) is 8.57. The molecular formula is C10H9NO3S. The van der Waals surface area contributed by atoms with E-state index in [1.165, 1.54) is 6.26 Å².